The largest absolute Gasteiger partial charge is 0.699 e. The van der Waals surface area contributed by atoms with E-state index in [0.29, 0.717) is 0 Å². The first-order valence-corrected chi connectivity index (χ1v) is 23.7. The molecule has 0 nitrogen and oxygen atoms in total. The molecule has 0 aromatic carbocycles. The van der Waals surface area contributed by atoms with Gasteiger partial charge in [-0.25, -0.2) is 0 Å². The molecule has 6 heteroatoms. The predicted octanol–water partition coefficient (Wildman–Crippen LogP) is 9.66. The highest BCUT2D eigenvalue weighted by Gasteiger charge is 2.35. The summed E-state index contributed by atoms with van der Waals surface area (Å²) in [6, 6.07) is 0. The molecule has 4 rings (SSSR count). The van der Waals surface area contributed by atoms with Gasteiger partial charge in [0.1, 0.15) is 21.9 Å². The van der Waals surface area contributed by atoms with E-state index in [1.54, 1.807) is 0 Å². The summed E-state index contributed by atoms with van der Waals surface area (Å²) in [5.41, 5.74) is 1.79. The maximum atomic E-state index is 6.75. The van der Waals surface area contributed by atoms with Crippen LogP contribution in [0.15, 0.2) is 0 Å². The van der Waals surface area contributed by atoms with Gasteiger partial charge in [0, 0.05) is 47.5 Å². The van der Waals surface area contributed by atoms with Crippen molar-refractivity contribution in [1.82, 2.24) is 0 Å². The minimum atomic E-state index is -1.32. The van der Waals surface area contributed by atoms with Gasteiger partial charge in [0.15, 0.2) is 10.5 Å². The lowest BCUT2D eigenvalue weighted by molar-refractivity contribution is 0.510. The second-order valence-corrected chi connectivity index (χ2v) is 29.1. The van der Waals surface area contributed by atoms with Crippen molar-refractivity contribution in [3.8, 4) is 0 Å². The first-order chi connectivity index (χ1) is 16.1. The number of rotatable bonds is 8. The Kier molecular flexibility index (Phi) is 12.1. The van der Waals surface area contributed by atoms with Crippen molar-refractivity contribution in [2.75, 3.05) is 12.3 Å². The predicted molar refractivity (Wildman–Crippen MR) is 165 cm³/mol. The van der Waals surface area contributed by atoms with Crippen molar-refractivity contribution in [2.24, 2.45) is 0 Å². The summed E-state index contributed by atoms with van der Waals surface area (Å²) in [7, 11) is 4.79. The van der Waals surface area contributed by atoms with Crippen LogP contribution < -0.4 is 0 Å². The van der Waals surface area contributed by atoms with Crippen LogP contribution in [0.3, 0.4) is 0 Å². The topological polar surface area (TPSA) is 0 Å². The van der Waals surface area contributed by atoms with Crippen molar-refractivity contribution < 1.29 is 0 Å². The molecular formula is C27H50P2S4. The Balaban J connectivity index is 1.48. The molecule has 33 heavy (non-hydrogen) atoms. The van der Waals surface area contributed by atoms with E-state index in [2.05, 4.69) is 21.9 Å². The van der Waals surface area contributed by atoms with Gasteiger partial charge in [-0.05, 0) is 70.1 Å². The zero-order valence-corrected chi connectivity index (χ0v) is 26.2. The van der Waals surface area contributed by atoms with E-state index in [4.69, 9.17) is 24.5 Å². The summed E-state index contributed by atoms with van der Waals surface area (Å²) in [5.74, 6) is 0. The zero-order valence-electron chi connectivity index (χ0n) is 21.1. The molecule has 192 valence electrons. The van der Waals surface area contributed by atoms with E-state index in [1.807, 2.05) is 0 Å². The number of hydrogen-bond acceptors (Lipinski definition) is 2. The second-order valence-electron chi connectivity index (χ2n) is 11.6. The minimum Gasteiger partial charge on any atom is -0.699 e. The first kappa shape index (κ1) is 28.0. The molecule has 4 saturated carbocycles. The summed E-state index contributed by atoms with van der Waals surface area (Å²) in [6.07, 6.45) is 33.2. The molecular weight excluding hydrogens is 515 g/mol. The fourth-order valence-electron chi connectivity index (χ4n) is 6.95. The van der Waals surface area contributed by atoms with Gasteiger partial charge in [0.2, 0.25) is 0 Å². The molecule has 4 fully saturated rings. The third-order valence-corrected chi connectivity index (χ3v) is 27.6. The molecule has 0 saturated heterocycles. The Morgan fingerprint density at radius 2 is 0.758 bits per heavy atom. The molecule has 0 amide bonds. The van der Waals surface area contributed by atoms with Crippen LogP contribution in [0.2, 0.25) is 0 Å². The van der Waals surface area contributed by atoms with E-state index in [9.17, 15) is 0 Å². The molecule has 4 aliphatic rings. The van der Waals surface area contributed by atoms with Crippen LogP contribution in [0, 0.1) is 0 Å². The third kappa shape index (κ3) is 8.50. The van der Waals surface area contributed by atoms with E-state index in [1.165, 1.54) is 147 Å². The van der Waals surface area contributed by atoms with Crippen LogP contribution in [0.4, 0.5) is 0 Å². The summed E-state index contributed by atoms with van der Waals surface area (Å²) >= 11 is 13.5. The highest BCUT2D eigenvalue weighted by molar-refractivity contribution is 8.59. The molecule has 0 N–H and O–H groups in total. The van der Waals surface area contributed by atoms with E-state index < -0.39 is 10.5 Å². The molecule has 0 heterocycles. The standard InChI is InChI=1S/C27H50P2S4/c30-28(24-14-5-1-6-15-24,32-26-18-9-3-10-19-26)22-13-23-29(31,25-16-7-2-8-17-25)33-27-20-11-4-12-21-27/h24-27H,1-23H2. The maximum Gasteiger partial charge on any atom is 0.178 e. The van der Waals surface area contributed by atoms with Crippen LogP contribution in [-0.4, -0.2) is 34.1 Å². The average molecular weight is 565 g/mol. The van der Waals surface area contributed by atoms with Crippen LogP contribution in [0.25, 0.3) is 0 Å². The van der Waals surface area contributed by atoms with E-state index in [-0.39, 0.29) is 0 Å². The Morgan fingerprint density at radius 1 is 0.455 bits per heavy atom. The smallest absolute Gasteiger partial charge is 0.178 e. The molecule has 0 bridgehead atoms. The van der Waals surface area contributed by atoms with Gasteiger partial charge in [0.25, 0.3) is 0 Å². The zero-order chi connectivity index (χ0) is 23.0. The highest BCUT2D eigenvalue weighted by atomic mass is 32.9. The monoisotopic (exact) mass is 564 g/mol. The lowest BCUT2D eigenvalue weighted by Gasteiger charge is -2.38. The van der Waals surface area contributed by atoms with Crippen molar-refractivity contribution in [2.45, 2.75) is 157 Å². The van der Waals surface area contributed by atoms with Crippen molar-refractivity contribution in [3.63, 3.8) is 0 Å². The van der Waals surface area contributed by atoms with E-state index >= 15 is 0 Å². The Hall–Kier alpha value is 2.00. The quantitative estimate of drug-likeness (QED) is 0.163. The van der Waals surface area contributed by atoms with Crippen LogP contribution in [0.5, 0.6) is 0 Å². The second kappa shape index (κ2) is 14.2. The van der Waals surface area contributed by atoms with Gasteiger partial charge in [-0.3, -0.25) is 0 Å². The normalized spacial score (nSPS) is 28.7. The van der Waals surface area contributed by atoms with Crippen molar-refractivity contribution >= 4 is 56.9 Å². The average Bonchev–Trinajstić information content (AvgIpc) is 2.86. The molecule has 0 aromatic heterocycles. The Morgan fingerprint density at radius 3 is 1.09 bits per heavy atom. The van der Waals surface area contributed by atoms with Gasteiger partial charge in [0.05, 0.1) is 0 Å². The molecule has 0 aromatic rings. The number of hydrogen-bond donors (Lipinski definition) is 0. The van der Waals surface area contributed by atoms with Crippen molar-refractivity contribution in [3.05, 3.63) is 0 Å². The SMILES string of the molecule is [S-]P(CCCP([S-])(=[S+]C1CCCCC1)C1CCCCC1)(=[S+]C1CCCCC1)C1CCCCC1. The van der Waals surface area contributed by atoms with Gasteiger partial charge in [-0.2, -0.15) is 0 Å². The molecule has 2 atom stereocenters. The minimum absolute atomic E-state index is 0.893. The van der Waals surface area contributed by atoms with E-state index in [0.717, 1.165) is 21.8 Å². The van der Waals surface area contributed by atoms with Gasteiger partial charge in [-0.1, -0.05) is 51.4 Å². The molecule has 0 aliphatic heterocycles. The van der Waals surface area contributed by atoms with Crippen LogP contribution in [-0.2, 0) is 46.4 Å². The maximum absolute atomic E-state index is 6.75. The van der Waals surface area contributed by atoms with Crippen molar-refractivity contribution in [1.29, 1.82) is 0 Å². The summed E-state index contributed by atoms with van der Waals surface area (Å²) in [4.78, 5) is 0. The molecule has 4 aliphatic carbocycles. The first-order valence-electron chi connectivity index (χ1n) is 14.6. The fraction of sp³-hybridized carbons (Fsp3) is 1.00. The lowest BCUT2D eigenvalue weighted by Crippen LogP contribution is -2.20. The summed E-state index contributed by atoms with van der Waals surface area (Å²) in [6.45, 7) is 0. The summed E-state index contributed by atoms with van der Waals surface area (Å²) < 4.78 is 0. The van der Waals surface area contributed by atoms with Gasteiger partial charge in [-0.15, -0.1) is 0 Å². The fourth-order valence-corrected chi connectivity index (χ4v) is 26.3. The Bertz CT molecular complexity index is 624. The highest BCUT2D eigenvalue weighted by Crippen LogP contribution is 2.61. The molecule has 0 spiro atoms. The molecule has 2 unspecified atom stereocenters. The Labute approximate surface area is 224 Å². The van der Waals surface area contributed by atoms with Crippen LogP contribution in [0.1, 0.15) is 135 Å². The van der Waals surface area contributed by atoms with Crippen LogP contribution >= 0.6 is 10.5 Å². The summed E-state index contributed by atoms with van der Waals surface area (Å²) in [5, 5.41) is -0.854. The molecule has 0 radical (unpaired) electrons. The third-order valence-electron chi connectivity index (χ3n) is 8.96. The lowest BCUT2D eigenvalue weighted by atomic mass is 10.0. The van der Waals surface area contributed by atoms with Gasteiger partial charge < -0.3 is 24.5 Å². The van der Waals surface area contributed by atoms with Gasteiger partial charge >= 0.3 is 0 Å².